The first-order chi connectivity index (χ1) is 3.34. The van der Waals surface area contributed by atoms with Gasteiger partial charge in [0.05, 0.1) is 6.54 Å². The molecule has 7 heavy (non-hydrogen) atoms. The zero-order valence-corrected chi connectivity index (χ0v) is 4.42. The zero-order valence-electron chi connectivity index (χ0n) is 4.42. The molecule has 0 bridgehead atoms. The molecule has 0 saturated heterocycles. The van der Waals surface area contributed by atoms with E-state index in [1.54, 1.807) is 0 Å². The molecule has 40 valence electrons. The summed E-state index contributed by atoms with van der Waals surface area (Å²) in [6, 6.07) is 0. The van der Waals surface area contributed by atoms with Gasteiger partial charge in [0.15, 0.2) is 0 Å². The minimum Gasteiger partial charge on any atom is -0.151 e. The molecule has 0 heterocycles. The highest BCUT2D eigenvalue weighted by molar-refractivity contribution is 4.83. The SMILES string of the molecule is C[C@H]1CC1CN=O. The van der Waals surface area contributed by atoms with Crippen molar-refractivity contribution in [3.8, 4) is 0 Å². The van der Waals surface area contributed by atoms with Crippen molar-refractivity contribution in [1.29, 1.82) is 0 Å². The van der Waals surface area contributed by atoms with Crippen LogP contribution in [-0.2, 0) is 0 Å². The lowest BCUT2D eigenvalue weighted by Crippen LogP contribution is -1.80. The Hall–Kier alpha value is -0.400. The average Bonchev–Trinajstić information content (AvgIpc) is 2.22. The van der Waals surface area contributed by atoms with Crippen molar-refractivity contribution >= 4 is 0 Å². The van der Waals surface area contributed by atoms with Gasteiger partial charge in [-0.2, -0.15) is 4.91 Å². The third-order valence-electron chi connectivity index (χ3n) is 1.59. The Morgan fingerprint density at radius 2 is 2.43 bits per heavy atom. The maximum Gasteiger partial charge on any atom is 0.0841 e. The van der Waals surface area contributed by atoms with E-state index in [4.69, 9.17) is 0 Å². The largest absolute Gasteiger partial charge is 0.151 e. The standard InChI is InChI=1S/C5H9NO/c1-4-2-5(4)3-6-7/h4-5H,2-3H2,1H3/t4-,5?/m0/s1. The van der Waals surface area contributed by atoms with Crippen molar-refractivity contribution in [3.63, 3.8) is 0 Å². The fourth-order valence-electron chi connectivity index (χ4n) is 0.749. The van der Waals surface area contributed by atoms with E-state index in [0.29, 0.717) is 12.5 Å². The Labute approximate surface area is 42.9 Å². The summed E-state index contributed by atoms with van der Waals surface area (Å²) in [5.74, 6) is 1.41. The van der Waals surface area contributed by atoms with Crippen LogP contribution in [-0.4, -0.2) is 6.54 Å². The highest BCUT2D eigenvalue weighted by Gasteiger charge is 2.32. The lowest BCUT2D eigenvalue weighted by Gasteiger charge is -1.78. The van der Waals surface area contributed by atoms with E-state index < -0.39 is 0 Å². The van der Waals surface area contributed by atoms with Crippen molar-refractivity contribution in [2.45, 2.75) is 13.3 Å². The summed E-state index contributed by atoms with van der Waals surface area (Å²) in [4.78, 5) is 9.55. The van der Waals surface area contributed by atoms with Gasteiger partial charge in [-0.05, 0) is 18.3 Å². The van der Waals surface area contributed by atoms with Crippen LogP contribution in [0.4, 0.5) is 0 Å². The molecule has 2 nitrogen and oxygen atoms in total. The predicted molar refractivity (Wildman–Crippen MR) is 27.9 cm³/mol. The Kier molecular flexibility index (Phi) is 1.09. The van der Waals surface area contributed by atoms with Crippen molar-refractivity contribution in [2.24, 2.45) is 17.0 Å². The molecule has 0 aromatic heterocycles. The Balaban J connectivity index is 2.08. The van der Waals surface area contributed by atoms with Crippen LogP contribution in [0.25, 0.3) is 0 Å². The quantitative estimate of drug-likeness (QED) is 0.481. The molecule has 1 fully saturated rings. The topological polar surface area (TPSA) is 29.4 Å². The summed E-state index contributed by atoms with van der Waals surface area (Å²) in [5, 5.41) is 2.80. The number of hydrogen-bond acceptors (Lipinski definition) is 2. The number of rotatable bonds is 2. The molecule has 0 spiro atoms. The van der Waals surface area contributed by atoms with Gasteiger partial charge in [0.25, 0.3) is 0 Å². The van der Waals surface area contributed by atoms with Gasteiger partial charge in [-0.3, -0.25) is 0 Å². The van der Waals surface area contributed by atoms with Gasteiger partial charge >= 0.3 is 0 Å². The Morgan fingerprint density at radius 3 is 2.57 bits per heavy atom. The molecule has 0 amide bonds. The van der Waals surface area contributed by atoms with E-state index in [0.717, 1.165) is 5.92 Å². The summed E-state index contributed by atoms with van der Waals surface area (Å²) < 4.78 is 0. The molecular weight excluding hydrogens is 90.1 g/mol. The molecule has 1 rings (SSSR count). The Bertz CT molecular complexity index is 82.1. The second-order valence-electron chi connectivity index (χ2n) is 2.28. The molecule has 0 N–H and O–H groups in total. The van der Waals surface area contributed by atoms with E-state index in [1.165, 1.54) is 6.42 Å². The van der Waals surface area contributed by atoms with E-state index in [9.17, 15) is 4.91 Å². The van der Waals surface area contributed by atoms with Crippen molar-refractivity contribution in [2.75, 3.05) is 6.54 Å². The molecule has 1 aliphatic rings. The van der Waals surface area contributed by atoms with E-state index >= 15 is 0 Å². The summed E-state index contributed by atoms with van der Waals surface area (Å²) >= 11 is 0. The van der Waals surface area contributed by atoms with Gasteiger partial charge in [0, 0.05) is 0 Å². The first-order valence-electron chi connectivity index (χ1n) is 2.63. The van der Waals surface area contributed by atoms with Crippen molar-refractivity contribution in [1.82, 2.24) is 0 Å². The van der Waals surface area contributed by atoms with Crippen LogP contribution in [0.2, 0.25) is 0 Å². The van der Waals surface area contributed by atoms with Crippen LogP contribution >= 0.6 is 0 Å². The molecule has 0 aromatic carbocycles. The minimum absolute atomic E-state index is 0.543. The van der Waals surface area contributed by atoms with Gasteiger partial charge in [0.2, 0.25) is 0 Å². The molecule has 1 saturated carbocycles. The second-order valence-corrected chi connectivity index (χ2v) is 2.28. The van der Waals surface area contributed by atoms with E-state index in [-0.39, 0.29) is 0 Å². The zero-order chi connectivity index (χ0) is 5.28. The molecule has 1 unspecified atom stereocenters. The van der Waals surface area contributed by atoms with Gasteiger partial charge in [-0.15, -0.1) is 0 Å². The van der Waals surface area contributed by atoms with E-state index in [1.807, 2.05) is 0 Å². The van der Waals surface area contributed by atoms with Crippen molar-refractivity contribution in [3.05, 3.63) is 4.91 Å². The van der Waals surface area contributed by atoms with Crippen LogP contribution in [0.1, 0.15) is 13.3 Å². The fourth-order valence-corrected chi connectivity index (χ4v) is 0.749. The first kappa shape index (κ1) is 4.75. The van der Waals surface area contributed by atoms with Gasteiger partial charge in [-0.1, -0.05) is 12.1 Å². The molecule has 1 aliphatic carbocycles. The average molecular weight is 99.1 g/mol. The molecule has 0 radical (unpaired) electrons. The highest BCUT2D eigenvalue weighted by Crippen LogP contribution is 2.37. The smallest absolute Gasteiger partial charge is 0.0841 e. The lowest BCUT2D eigenvalue weighted by molar-refractivity contribution is 0.758. The van der Waals surface area contributed by atoms with Crippen LogP contribution in [0.5, 0.6) is 0 Å². The molecule has 2 heteroatoms. The summed E-state index contributed by atoms with van der Waals surface area (Å²) in [6.07, 6.45) is 1.21. The van der Waals surface area contributed by atoms with Crippen LogP contribution in [0.3, 0.4) is 0 Å². The van der Waals surface area contributed by atoms with E-state index in [2.05, 4.69) is 12.1 Å². The maximum atomic E-state index is 9.55. The lowest BCUT2D eigenvalue weighted by atomic mass is 10.3. The fraction of sp³-hybridized carbons (Fsp3) is 1.00. The van der Waals surface area contributed by atoms with Crippen LogP contribution < -0.4 is 0 Å². The first-order valence-corrected chi connectivity index (χ1v) is 2.63. The predicted octanol–water partition coefficient (Wildman–Crippen LogP) is 1.41. The maximum absolute atomic E-state index is 9.55. The number of nitrogens with zero attached hydrogens (tertiary/aromatic N) is 1. The second kappa shape index (κ2) is 1.60. The van der Waals surface area contributed by atoms with Gasteiger partial charge in [0.1, 0.15) is 0 Å². The summed E-state index contributed by atoms with van der Waals surface area (Å²) in [5.41, 5.74) is 0. The molecular formula is C5H9NO. The Morgan fingerprint density at radius 1 is 1.86 bits per heavy atom. The molecule has 0 aromatic rings. The minimum atomic E-state index is 0.543. The third-order valence-corrected chi connectivity index (χ3v) is 1.59. The third kappa shape index (κ3) is 0.981. The monoisotopic (exact) mass is 99.1 g/mol. The summed E-state index contributed by atoms with van der Waals surface area (Å²) in [7, 11) is 0. The number of hydrogen-bond donors (Lipinski definition) is 0. The van der Waals surface area contributed by atoms with Gasteiger partial charge < -0.3 is 0 Å². The molecule has 0 aliphatic heterocycles. The molecule has 2 atom stereocenters. The normalized spacial score (nSPS) is 37.9. The summed E-state index contributed by atoms with van der Waals surface area (Å²) in [6.45, 7) is 2.69. The van der Waals surface area contributed by atoms with Crippen LogP contribution in [0.15, 0.2) is 5.18 Å². The van der Waals surface area contributed by atoms with Crippen molar-refractivity contribution < 1.29 is 0 Å². The van der Waals surface area contributed by atoms with Gasteiger partial charge in [-0.25, -0.2) is 0 Å². The number of nitroso groups, excluding NO2 is 1. The highest BCUT2D eigenvalue weighted by atomic mass is 16.3. The van der Waals surface area contributed by atoms with Crippen LogP contribution in [0, 0.1) is 16.7 Å².